The number of benzene rings is 1. The summed E-state index contributed by atoms with van der Waals surface area (Å²) < 4.78 is 16.9. The first-order chi connectivity index (χ1) is 18.3. The van der Waals surface area contributed by atoms with Gasteiger partial charge >= 0.3 is 0 Å². The number of hydrogen-bond acceptors (Lipinski definition) is 7. The molecule has 1 saturated carbocycles. The van der Waals surface area contributed by atoms with Crippen molar-refractivity contribution in [3.05, 3.63) is 47.1 Å². The van der Waals surface area contributed by atoms with Crippen LogP contribution in [0.3, 0.4) is 0 Å². The Morgan fingerprint density at radius 3 is 2.92 bits per heavy atom. The maximum Gasteiger partial charge on any atom is 0.242 e. The van der Waals surface area contributed by atoms with Crippen molar-refractivity contribution in [1.82, 2.24) is 34.5 Å². The third-order valence-corrected chi connectivity index (χ3v) is 8.05. The van der Waals surface area contributed by atoms with E-state index in [9.17, 15) is 14.0 Å². The molecule has 0 radical (unpaired) electrons. The fourth-order valence-corrected chi connectivity index (χ4v) is 5.88. The van der Waals surface area contributed by atoms with E-state index in [-0.39, 0.29) is 36.4 Å². The zero-order chi connectivity index (χ0) is 26.6. The van der Waals surface area contributed by atoms with Crippen molar-refractivity contribution in [2.24, 2.45) is 5.92 Å². The number of anilines is 1. The third kappa shape index (κ3) is 4.36. The van der Waals surface area contributed by atoms with Gasteiger partial charge in [-0.3, -0.25) is 14.6 Å². The Bertz CT molecular complexity index is 1580. The standard InChI is InChI=1S/C26H26BrFN8O2/c1-14-12-34(2)21(37)13-35(14)25(38)16-5-6-17(8-16)31-26-30-11-19-23(27)33-36(24(19)32-26)18-9-15-4-3-7-29-22(15)20(28)10-18/h3-4,7,9-11,14,16-17H,5-6,8,12-13H2,1-2H3,(H,30,31,32)/t14-,16+,17+/m0/s1. The molecule has 0 spiro atoms. The fraction of sp³-hybridized carbons (Fsp3) is 0.385. The van der Waals surface area contributed by atoms with Crippen LogP contribution < -0.4 is 5.32 Å². The van der Waals surface area contributed by atoms with Crippen molar-refractivity contribution < 1.29 is 14.0 Å². The van der Waals surface area contributed by atoms with Crippen LogP contribution in [0.25, 0.3) is 27.6 Å². The molecule has 38 heavy (non-hydrogen) atoms. The van der Waals surface area contributed by atoms with Gasteiger partial charge in [-0.2, -0.15) is 10.1 Å². The summed E-state index contributed by atoms with van der Waals surface area (Å²) in [5, 5.41) is 9.24. The van der Waals surface area contributed by atoms with Gasteiger partial charge in [0.25, 0.3) is 0 Å². The van der Waals surface area contributed by atoms with Crippen LogP contribution in [0, 0.1) is 11.7 Å². The van der Waals surface area contributed by atoms with E-state index in [4.69, 9.17) is 4.98 Å². The second-order valence-corrected chi connectivity index (χ2v) is 10.8. The van der Waals surface area contributed by atoms with Crippen molar-refractivity contribution in [2.75, 3.05) is 25.5 Å². The number of likely N-dealkylation sites (N-methyl/N-ethyl adjacent to an activating group) is 1. The van der Waals surface area contributed by atoms with Crippen LogP contribution >= 0.6 is 15.9 Å². The second kappa shape index (κ2) is 9.57. The Morgan fingerprint density at radius 1 is 1.24 bits per heavy atom. The van der Waals surface area contributed by atoms with Crippen LogP contribution in [0.4, 0.5) is 10.3 Å². The zero-order valence-corrected chi connectivity index (χ0v) is 22.5. The molecule has 0 bridgehead atoms. The molecule has 2 aliphatic rings. The van der Waals surface area contributed by atoms with E-state index < -0.39 is 5.82 Å². The van der Waals surface area contributed by atoms with Gasteiger partial charge < -0.3 is 15.1 Å². The second-order valence-electron chi connectivity index (χ2n) is 10.1. The highest BCUT2D eigenvalue weighted by molar-refractivity contribution is 9.10. The number of rotatable bonds is 4. The molecule has 4 heterocycles. The minimum Gasteiger partial charge on any atom is -0.351 e. The lowest BCUT2D eigenvalue weighted by Crippen LogP contribution is -2.56. The lowest BCUT2D eigenvalue weighted by molar-refractivity contribution is -0.149. The van der Waals surface area contributed by atoms with Gasteiger partial charge in [-0.15, -0.1) is 0 Å². The Hall–Kier alpha value is -3.67. The molecule has 1 aromatic carbocycles. The number of fused-ring (bicyclic) bond motifs is 2. The van der Waals surface area contributed by atoms with E-state index in [0.29, 0.717) is 51.1 Å². The molecule has 0 unspecified atom stereocenters. The van der Waals surface area contributed by atoms with Gasteiger partial charge in [-0.1, -0.05) is 6.07 Å². The van der Waals surface area contributed by atoms with Crippen LogP contribution in [0.2, 0.25) is 0 Å². The summed E-state index contributed by atoms with van der Waals surface area (Å²) in [6, 6.07) is 6.78. The molecule has 12 heteroatoms. The number of piperazine rings is 1. The zero-order valence-electron chi connectivity index (χ0n) is 20.9. The molecular weight excluding hydrogens is 555 g/mol. The number of carbonyl (C=O) groups is 2. The molecule has 10 nitrogen and oxygen atoms in total. The first kappa shape index (κ1) is 24.7. The molecule has 1 aliphatic heterocycles. The average Bonchev–Trinajstić information content (AvgIpc) is 3.50. The highest BCUT2D eigenvalue weighted by Gasteiger charge is 2.38. The molecule has 3 atom stereocenters. The number of amides is 2. The van der Waals surface area contributed by atoms with Crippen molar-refractivity contribution in [3.63, 3.8) is 0 Å². The highest BCUT2D eigenvalue weighted by Crippen LogP contribution is 2.32. The summed E-state index contributed by atoms with van der Waals surface area (Å²) in [5.74, 6) is -0.173. The summed E-state index contributed by atoms with van der Waals surface area (Å²) in [5.41, 5.74) is 1.34. The van der Waals surface area contributed by atoms with Gasteiger partial charge in [-0.05, 0) is 54.2 Å². The minimum absolute atomic E-state index is 0.00240. The summed E-state index contributed by atoms with van der Waals surface area (Å²) in [6.07, 6.45) is 5.40. The molecule has 1 saturated heterocycles. The lowest BCUT2D eigenvalue weighted by Gasteiger charge is -2.38. The van der Waals surface area contributed by atoms with E-state index in [1.165, 1.54) is 6.07 Å². The number of aromatic nitrogens is 5. The minimum atomic E-state index is -0.441. The Labute approximate surface area is 226 Å². The summed E-state index contributed by atoms with van der Waals surface area (Å²) in [7, 11) is 1.77. The summed E-state index contributed by atoms with van der Waals surface area (Å²) in [4.78, 5) is 42.0. The number of pyridine rings is 1. The van der Waals surface area contributed by atoms with Crippen LogP contribution in [-0.2, 0) is 9.59 Å². The number of nitrogens with one attached hydrogen (secondary N) is 1. The third-order valence-electron chi connectivity index (χ3n) is 7.47. The predicted octanol–water partition coefficient (Wildman–Crippen LogP) is 3.54. The van der Waals surface area contributed by atoms with Gasteiger partial charge in [0.05, 0.1) is 11.1 Å². The van der Waals surface area contributed by atoms with Crippen molar-refractivity contribution >= 4 is 55.6 Å². The monoisotopic (exact) mass is 580 g/mol. The average molecular weight is 581 g/mol. The van der Waals surface area contributed by atoms with E-state index in [0.717, 1.165) is 12.8 Å². The van der Waals surface area contributed by atoms with Crippen LogP contribution in [0.15, 0.2) is 41.3 Å². The quantitative estimate of drug-likeness (QED) is 0.393. The summed E-state index contributed by atoms with van der Waals surface area (Å²) >= 11 is 3.46. The molecule has 4 aromatic rings. The van der Waals surface area contributed by atoms with E-state index in [1.807, 2.05) is 13.0 Å². The van der Waals surface area contributed by atoms with Crippen molar-refractivity contribution in [3.8, 4) is 5.69 Å². The van der Waals surface area contributed by atoms with Gasteiger partial charge in [0.2, 0.25) is 17.8 Å². The first-order valence-corrected chi connectivity index (χ1v) is 13.3. The highest BCUT2D eigenvalue weighted by atomic mass is 79.9. The normalized spacial score (nSPS) is 22.0. The largest absolute Gasteiger partial charge is 0.351 e. The van der Waals surface area contributed by atoms with Gasteiger partial charge in [0.15, 0.2) is 11.5 Å². The van der Waals surface area contributed by atoms with Gasteiger partial charge in [0, 0.05) is 55.4 Å². The number of hydrogen-bond donors (Lipinski definition) is 1. The van der Waals surface area contributed by atoms with Crippen LogP contribution in [0.5, 0.6) is 0 Å². The molecule has 1 aliphatic carbocycles. The Kier molecular flexibility index (Phi) is 6.21. The van der Waals surface area contributed by atoms with Crippen molar-refractivity contribution in [2.45, 2.75) is 38.3 Å². The van der Waals surface area contributed by atoms with Gasteiger partial charge in [-0.25, -0.2) is 14.1 Å². The van der Waals surface area contributed by atoms with Crippen molar-refractivity contribution in [1.29, 1.82) is 0 Å². The number of carbonyl (C=O) groups excluding carboxylic acids is 2. The molecule has 6 rings (SSSR count). The Morgan fingerprint density at radius 2 is 2.08 bits per heavy atom. The van der Waals surface area contributed by atoms with Crippen LogP contribution in [0.1, 0.15) is 26.2 Å². The van der Waals surface area contributed by atoms with E-state index in [2.05, 4.69) is 36.3 Å². The molecule has 2 amide bonds. The van der Waals surface area contributed by atoms with E-state index in [1.54, 1.807) is 46.1 Å². The smallest absolute Gasteiger partial charge is 0.242 e. The topological polar surface area (TPSA) is 109 Å². The maximum absolute atomic E-state index is 14.8. The molecule has 196 valence electrons. The number of halogens is 2. The van der Waals surface area contributed by atoms with Crippen LogP contribution in [-0.4, -0.2) is 78.6 Å². The van der Waals surface area contributed by atoms with Gasteiger partial charge in [0.1, 0.15) is 16.7 Å². The Balaban J connectivity index is 1.22. The first-order valence-electron chi connectivity index (χ1n) is 12.6. The molecule has 3 aromatic heterocycles. The maximum atomic E-state index is 14.8. The molecule has 1 N–H and O–H groups in total. The molecular formula is C26H26BrFN8O2. The lowest BCUT2D eigenvalue weighted by atomic mass is 10.0. The predicted molar refractivity (Wildman–Crippen MR) is 143 cm³/mol. The fourth-order valence-electron chi connectivity index (χ4n) is 5.44. The number of nitrogens with zero attached hydrogens (tertiary/aromatic N) is 7. The molecule has 2 fully saturated rings. The van der Waals surface area contributed by atoms with E-state index >= 15 is 0 Å². The summed E-state index contributed by atoms with van der Waals surface area (Å²) in [6.45, 7) is 2.66. The SMILES string of the molecule is C[C@H]1CN(C)C(=O)CN1C(=O)[C@@H]1CC[C@@H](Nc2ncc3c(Br)nn(-c4cc(F)c5ncccc5c4)c3n2)C1.